The van der Waals surface area contributed by atoms with E-state index in [1.54, 1.807) is 19.1 Å². The Labute approximate surface area is 124 Å². The molecule has 1 N–H and O–H groups in total. The molecule has 1 unspecified atom stereocenters. The van der Waals surface area contributed by atoms with Crippen molar-refractivity contribution in [3.8, 4) is 28.8 Å². The van der Waals surface area contributed by atoms with E-state index >= 15 is 0 Å². The summed E-state index contributed by atoms with van der Waals surface area (Å²) in [6.45, 7) is 5.69. The van der Waals surface area contributed by atoms with Gasteiger partial charge in [0.1, 0.15) is 24.2 Å². The van der Waals surface area contributed by atoms with Crippen LogP contribution in [0.15, 0.2) is 49.1 Å². The molecule has 106 valence electrons. The zero-order chi connectivity index (χ0) is 15.1. The molecule has 1 atom stereocenters. The predicted molar refractivity (Wildman–Crippen MR) is 81.7 cm³/mol. The summed E-state index contributed by atoms with van der Waals surface area (Å²) in [5.41, 5.74) is 2.24. The van der Waals surface area contributed by atoms with Crippen LogP contribution >= 0.6 is 0 Å². The summed E-state index contributed by atoms with van der Waals surface area (Å²) in [5, 5.41) is 17.2. The van der Waals surface area contributed by atoms with Crippen LogP contribution in [0.4, 0.5) is 0 Å². The average Bonchev–Trinajstić information content (AvgIpc) is 2.52. The molecular formula is C17H16N2O2. The summed E-state index contributed by atoms with van der Waals surface area (Å²) < 4.78 is 5.42. The first-order valence-electron chi connectivity index (χ1n) is 6.56. The summed E-state index contributed by atoms with van der Waals surface area (Å²) in [4.78, 5) is 0. The van der Waals surface area contributed by atoms with Gasteiger partial charge >= 0.3 is 0 Å². The molecule has 4 nitrogen and oxygen atoms in total. The van der Waals surface area contributed by atoms with Gasteiger partial charge in [-0.3, -0.25) is 0 Å². The van der Waals surface area contributed by atoms with Gasteiger partial charge in [-0.2, -0.15) is 0 Å². The Morgan fingerprint density at radius 2 is 2.00 bits per heavy atom. The highest BCUT2D eigenvalue weighted by atomic mass is 16.5. The minimum atomic E-state index is -0.672. The fraction of sp³-hybridized carbons (Fsp3) is 0.176. The van der Waals surface area contributed by atoms with E-state index in [0.717, 1.165) is 17.0 Å². The summed E-state index contributed by atoms with van der Waals surface area (Å²) in [6.07, 6.45) is 1.03. The van der Waals surface area contributed by atoms with Crippen LogP contribution in [0.1, 0.15) is 12.6 Å². The van der Waals surface area contributed by atoms with E-state index in [0.29, 0.717) is 12.3 Å². The van der Waals surface area contributed by atoms with Gasteiger partial charge in [-0.1, -0.05) is 18.6 Å². The van der Waals surface area contributed by atoms with Crippen LogP contribution in [0, 0.1) is 11.8 Å². The average molecular weight is 280 g/mol. The molecule has 4 heteroatoms. The Morgan fingerprint density at radius 1 is 1.24 bits per heavy atom. The molecule has 2 rings (SSSR count). The maximum atomic E-state index is 9.09. The van der Waals surface area contributed by atoms with Gasteiger partial charge in [0, 0.05) is 5.56 Å². The van der Waals surface area contributed by atoms with E-state index in [4.69, 9.17) is 9.84 Å². The van der Waals surface area contributed by atoms with Gasteiger partial charge in [-0.05, 0) is 49.2 Å². The lowest BCUT2D eigenvalue weighted by Crippen LogP contribution is -1.95. The number of benzene rings is 1. The van der Waals surface area contributed by atoms with Crippen LogP contribution in [-0.4, -0.2) is 28.0 Å². The number of nitrogens with zero attached hydrogens (tertiary/aromatic N) is 2. The van der Waals surface area contributed by atoms with Crippen LogP contribution in [0.5, 0.6) is 5.75 Å². The highest BCUT2D eigenvalue weighted by Gasteiger charge is 2.01. The predicted octanol–water partition coefficient (Wildman–Crippen LogP) is 2.44. The largest absolute Gasteiger partial charge is 0.490 e. The van der Waals surface area contributed by atoms with Crippen LogP contribution in [0.25, 0.3) is 11.3 Å². The second kappa shape index (κ2) is 7.22. The van der Waals surface area contributed by atoms with Gasteiger partial charge in [0.15, 0.2) is 0 Å². The molecule has 1 heterocycles. The molecule has 0 radical (unpaired) electrons. The molecule has 1 aromatic heterocycles. The first-order valence-corrected chi connectivity index (χ1v) is 6.56. The lowest BCUT2D eigenvalue weighted by Gasteiger charge is -2.04. The molecule has 21 heavy (non-hydrogen) atoms. The van der Waals surface area contributed by atoms with E-state index in [2.05, 4.69) is 28.6 Å². The Hall–Kier alpha value is -2.64. The minimum Gasteiger partial charge on any atom is -0.490 e. The van der Waals surface area contributed by atoms with Crippen LogP contribution < -0.4 is 4.74 Å². The van der Waals surface area contributed by atoms with Gasteiger partial charge in [-0.25, -0.2) is 0 Å². The Morgan fingerprint density at radius 3 is 2.57 bits per heavy atom. The van der Waals surface area contributed by atoms with Crippen molar-refractivity contribution in [1.29, 1.82) is 0 Å². The van der Waals surface area contributed by atoms with Crippen molar-refractivity contribution in [1.82, 2.24) is 10.2 Å². The van der Waals surface area contributed by atoms with Crippen molar-refractivity contribution in [2.24, 2.45) is 0 Å². The fourth-order valence-corrected chi connectivity index (χ4v) is 1.61. The molecule has 0 spiro atoms. The van der Waals surface area contributed by atoms with Crippen LogP contribution in [0.2, 0.25) is 0 Å². The molecule has 0 aliphatic rings. The molecule has 0 aliphatic carbocycles. The van der Waals surface area contributed by atoms with Crippen molar-refractivity contribution in [2.45, 2.75) is 13.0 Å². The van der Waals surface area contributed by atoms with E-state index in [1.807, 2.05) is 30.3 Å². The van der Waals surface area contributed by atoms with E-state index in [-0.39, 0.29) is 0 Å². The molecule has 0 saturated carbocycles. The minimum absolute atomic E-state index is 0.482. The quantitative estimate of drug-likeness (QED) is 0.690. The SMILES string of the molecule is C=CCOc1ccc(-c2ccc(C#CC(C)O)nn2)cc1. The number of hydrogen-bond acceptors (Lipinski definition) is 4. The Bertz CT molecular complexity index is 650. The summed E-state index contributed by atoms with van der Waals surface area (Å²) in [6, 6.07) is 11.2. The normalized spacial score (nSPS) is 11.1. The van der Waals surface area contributed by atoms with E-state index in [1.165, 1.54) is 0 Å². The van der Waals surface area contributed by atoms with E-state index < -0.39 is 6.10 Å². The monoisotopic (exact) mass is 280 g/mol. The lowest BCUT2D eigenvalue weighted by molar-refractivity contribution is 0.253. The zero-order valence-electron chi connectivity index (χ0n) is 11.8. The highest BCUT2D eigenvalue weighted by molar-refractivity contribution is 5.59. The van der Waals surface area contributed by atoms with Gasteiger partial charge in [-0.15, -0.1) is 10.2 Å². The number of aliphatic hydroxyl groups excluding tert-OH is 1. The molecule has 0 bridgehead atoms. The van der Waals surface area contributed by atoms with Gasteiger partial charge in [0.25, 0.3) is 0 Å². The van der Waals surface area contributed by atoms with E-state index in [9.17, 15) is 0 Å². The lowest BCUT2D eigenvalue weighted by atomic mass is 10.1. The van der Waals surface area contributed by atoms with Crippen molar-refractivity contribution < 1.29 is 9.84 Å². The first-order chi connectivity index (χ1) is 10.2. The number of hydrogen-bond donors (Lipinski definition) is 1. The molecule has 1 aromatic carbocycles. The van der Waals surface area contributed by atoms with Crippen molar-refractivity contribution in [3.63, 3.8) is 0 Å². The van der Waals surface area contributed by atoms with Crippen molar-refractivity contribution >= 4 is 0 Å². The number of rotatable bonds is 4. The Balaban J connectivity index is 2.12. The zero-order valence-corrected chi connectivity index (χ0v) is 11.8. The van der Waals surface area contributed by atoms with Gasteiger partial charge in [0.2, 0.25) is 0 Å². The summed E-state index contributed by atoms with van der Waals surface area (Å²) in [7, 11) is 0. The third-order valence-electron chi connectivity index (χ3n) is 2.59. The fourth-order valence-electron chi connectivity index (χ4n) is 1.61. The van der Waals surface area contributed by atoms with Gasteiger partial charge < -0.3 is 9.84 Å². The highest BCUT2D eigenvalue weighted by Crippen LogP contribution is 2.20. The molecule has 0 saturated heterocycles. The van der Waals surface area contributed by atoms with Crippen LogP contribution in [-0.2, 0) is 0 Å². The molecular weight excluding hydrogens is 264 g/mol. The van der Waals surface area contributed by atoms with Gasteiger partial charge in [0.05, 0.1) is 5.69 Å². The smallest absolute Gasteiger partial charge is 0.136 e. The molecule has 0 aliphatic heterocycles. The second-order valence-corrected chi connectivity index (χ2v) is 4.37. The number of ether oxygens (including phenoxy) is 1. The molecule has 2 aromatic rings. The molecule has 0 amide bonds. The summed E-state index contributed by atoms with van der Waals surface area (Å²) in [5.74, 6) is 6.16. The second-order valence-electron chi connectivity index (χ2n) is 4.37. The van der Waals surface area contributed by atoms with Crippen LogP contribution in [0.3, 0.4) is 0 Å². The van der Waals surface area contributed by atoms with Crippen molar-refractivity contribution in [3.05, 3.63) is 54.7 Å². The summed E-state index contributed by atoms with van der Waals surface area (Å²) >= 11 is 0. The number of aromatic nitrogens is 2. The third-order valence-corrected chi connectivity index (χ3v) is 2.59. The number of aliphatic hydroxyl groups is 1. The maximum Gasteiger partial charge on any atom is 0.136 e. The third kappa shape index (κ3) is 4.44. The standard InChI is InChI=1S/C17H16N2O2/c1-3-12-21-16-9-5-14(6-10-16)17-11-8-15(18-19-17)7-4-13(2)20/h3,5-6,8-11,13,20H,1,12H2,2H3. The molecule has 0 fully saturated rings. The van der Waals surface area contributed by atoms with Crippen molar-refractivity contribution in [2.75, 3.05) is 6.61 Å². The maximum absolute atomic E-state index is 9.09. The Kier molecular flexibility index (Phi) is 5.08. The topological polar surface area (TPSA) is 55.2 Å². The first kappa shape index (κ1) is 14.8.